The Hall–Kier alpha value is -1.68. The van der Waals surface area contributed by atoms with E-state index in [1.54, 1.807) is 0 Å². The highest BCUT2D eigenvalue weighted by Crippen LogP contribution is 2.28. The number of aromatic nitrogens is 2. The molecule has 3 rings (SSSR count). The molecule has 0 saturated carbocycles. The van der Waals surface area contributed by atoms with Crippen LogP contribution in [0.3, 0.4) is 0 Å². The minimum Gasteiger partial charge on any atom is -0.353 e. The summed E-state index contributed by atoms with van der Waals surface area (Å²) in [5.41, 5.74) is 7.12. The Balaban J connectivity index is 2.07. The molecule has 2 unspecified atom stereocenters. The molecule has 1 aromatic carbocycles. The first-order valence-corrected chi connectivity index (χ1v) is 6.87. The molecule has 4 heteroatoms. The van der Waals surface area contributed by atoms with Crippen molar-refractivity contribution in [3.8, 4) is 0 Å². The van der Waals surface area contributed by atoms with Crippen LogP contribution in [0, 0.1) is 12.8 Å². The van der Waals surface area contributed by atoms with Crippen molar-refractivity contribution in [3.05, 3.63) is 30.0 Å². The lowest BCUT2D eigenvalue weighted by Crippen LogP contribution is -2.46. The summed E-state index contributed by atoms with van der Waals surface area (Å²) in [5, 5.41) is 11.1. The fourth-order valence-corrected chi connectivity index (χ4v) is 3.03. The molecule has 1 saturated heterocycles. The van der Waals surface area contributed by atoms with E-state index in [9.17, 15) is 0 Å². The van der Waals surface area contributed by atoms with E-state index in [2.05, 4.69) is 40.2 Å². The lowest BCUT2D eigenvalue weighted by atomic mass is 9.96. The fraction of sp³-hybridized carbons (Fsp3) is 0.467. The van der Waals surface area contributed by atoms with Gasteiger partial charge in [-0.05, 0) is 19.3 Å². The second-order valence-electron chi connectivity index (χ2n) is 5.66. The number of fused-ring (bicyclic) bond motifs is 1. The van der Waals surface area contributed by atoms with Crippen LogP contribution in [0.15, 0.2) is 24.3 Å². The predicted molar refractivity (Wildman–Crippen MR) is 78.2 cm³/mol. The Morgan fingerprint density at radius 2 is 1.89 bits per heavy atom. The fourth-order valence-electron chi connectivity index (χ4n) is 3.03. The van der Waals surface area contributed by atoms with Gasteiger partial charge in [0.05, 0.1) is 5.69 Å². The van der Waals surface area contributed by atoms with Gasteiger partial charge >= 0.3 is 0 Å². The molecule has 0 aliphatic carbocycles. The van der Waals surface area contributed by atoms with Gasteiger partial charge in [0.1, 0.15) is 0 Å². The van der Waals surface area contributed by atoms with Crippen molar-refractivity contribution in [1.82, 2.24) is 10.2 Å². The first-order valence-electron chi connectivity index (χ1n) is 6.87. The first-order chi connectivity index (χ1) is 9.15. The van der Waals surface area contributed by atoms with Crippen LogP contribution in [0.1, 0.15) is 19.0 Å². The van der Waals surface area contributed by atoms with Gasteiger partial charge in [0.15, 0.2) is 5.82 Å². The minimum atomic E-state index is 0.227. The SMILES string of the molecule is Cc1nnc(N2CC(C)CC(N)C2)c2ccccc12. The van der Waals surface area contributed by atoms with Crippen LogP contribution in [0.5, 0.6) is 0 Å². The van der Waals surface area contributed by atoms with Crippen molar-refractivity contribution in [2.24, 2.45) is 11.7 Å². The van der Waals surface area contributed by atoms with Gasteiger partial charge in [-0.1, -0.05) is 31.2 Å². The number of rotatable bonds is 1. The van der Waals surface area contributed by atoms with E-state index in [1.165, 1.54) is 10.8 Å². The summed E-state index contributed by atoms with van der Waals surface area (Å²) in [6.45, 7) is 6.13. The van der Waals surface area contributed by atoms with E-state index in [0.29, 0.717) is 5.92 Å². The Labute approximate surface area is 113 Å². The van der Waals surface area contributed by atoms with E-state index < -0.39 is 0 Å². The summed E-state index contributed by atoms with van der Waals surface area (Å²) < 4.78 is 0. The molecule has 2 atom stereocenters. The van der Waals surface area contributed by atoms with Crippen molar-refractivity contribution >= 4 is 16.6 Å². The van der Waals surface area contributed by atoms with E-state index in [-0.39, 0.29) is 6.04 Å². The number of nitrogens with two attached hydrogens (primary N) is 1. The molecule has 2 heterocycles. The van der Waals surface area contributed by atoms with E-state index in [4.69, 9.17) is 5.73 Å². The average Bonchev–Trinajstić information content (AvgIpc) is 2.38. The summed E-state index contributed by atoms with van der Waals surface area (Å²) in [7, 11) is 0. The van der Waals surface area contributed by atoms with Crippen LogP contribution < -0.4 is 10.6 Å². The molecule has 2 N–H and O–H groups in total. The normalized spacial score (nSPS) is 23.8. The van der Waals surface area contributed by atoms with Gasteiger partial charge in [0.25, 0.3) is 0 Å². The third-order valence-electron chi connectivity index (χ3n) is 3.84. The molecule has 0 amide bonds. The summed E-state index contributed by atoms with van der Waals surface area (Å²) in [4.78, 5) is 2.29. The molecule has 100 valence electrons. The topological polar surface area (TPSA) is 55.0 Å². The Morgan fingerprint density at radius 3 is 2.63 bits per heavy atom. The zero-order chi connectivity index (χ0) is 13.4. The van der Waals surface area contributed by atoms with Crippen LogP contribution in [-0.4, -0.2) is 29.3 Å². The van der Waals surface area contributed by atoms with Crippen LogP contribution in [-0.2, 0) is 0 Å². The van der Waals surface area contributed by atoms with E-state index in [1.807, 2.05) is 13.0 Å². The van der Waals surface area contributed by atoms with Crippen molar-refractivity contribution in [1.29, 1.82) is 0 Å². The van der Waals surface area contributed by atoms with E-state index >= 15 is 0 Å². The van der Waals surface area contributed by atoms with Crippen molar-refractivity contribution in [2.75, 3.05) is 18.0 Å². The second kappa shape index (κ2) is 4.78. The van der Waals surface area contributed by atoms with Gasteiger partial charge < -0.3 is 10.6 Å². The van der Waals surface area contributed by atoms with Crippen LogP contribution in [0.4, 0.5) is 5.82 Å². The molecule has 1 aromatic heterocycles. The van der Waals surface area contributed by atoms with Crippen molar-refractivity contribution in [2.45, 2.75) is 26.3 Å². The monoisotopic (exact) mass is 256 g/mol. The molecule has 4 nitrogen and oxygen atoms in total. The van der Waals surface area contributed by atoms with E-state index in [0.717, 1.165) is 31.0 Å². The molecular formula is C15H20N4. The molecule has 0 radical (unpaired) electrons. The number of aryl methyl sites for hydroxylation is 1. The van der Waals surface area contributed by atoms with Crippen molar-refractivity contribution in [3.63, 3.8) is 0 Å². The Bertz CT molecular complexity index is 586. The molecule has 1 aliphatic rings. The smallest absolute Gasteiger partial charge is 0.159 e. The van der Waals surface area contributed by atoms with Gasteiger partial charge in [-0.25, -0.2) is 0 Å². The average molecular weight is 256 g/mol. The highest BCUT2D eigenvalue weighted by atomic mass is 15.3. The van der Waals surface area contributed by atoms with Gasteiger partial charge in [0.2, 0.25) is 0 Å². The maximum absolute atomic E-state index is 6.14. The maximum atomic E-state index is 6.14. The zero-order valence-corrected chi connectivity index (χ0v) is 11.5. The number of nitrogens with zero attached hydrogens (tertiary/aromatic N) is 3. The standard InChI is InChI=1S/C15H20N4/c1-10-7-12(16)9-19(8-10)15-14-6-4-3-5-13(14)11(2)17-18-15/h3-6,10,12H,7-9,16H2,1-2H3. The largest absolute Gasteiger partial charge is 0.353 e. The van der Waals surface area contributed by atoms with Crippen LogP contribution >= 0.6 is 0 Å². The number of anilines is 1. The number of piperidine rings is 1. The lowest BCUT2D eigenvalue weighted by Gasteiger charge is -2.35. The number of hydrogen-bond acceptors (Lipinski definition) is 4. The van der Waals surface area contributed by atoms with Gasteiger partial charge in [-0.15, -0.1) is 5.10 Å². The highest BCUT2D eigenvalue weighted by molar-refractivity contribution is 5.93. The summed E-state index contributed by atoms with van der Waals surface area (Å²) in [6, 6.07) is 8.56. The lowest BCUT2D eigenvalue weighted by molar-refractivity contribution is 0.400. The Morgan fingerprint density at radius 1 is 1.16 bits per heavy atom. The van der Waals surface area contributed by atoms with Crippen LogP contribution in [0.2, 0.25) is 0 Å². The highest BCUT2D eigenvalue weighted by Gasteiger charge is 2.24. The first kappa shape index (κ1) is 12.4. The second-order valence-corrected chi connectivity index (χ2v) is 5.66. The molecule has 0 bridgehead atoms. The zero-order valence-electron chi connectivity index (χ0n) is 11.5. The molecule has 19 heavy (non-hydrogen) atoms. The molecule has 2 aromatic rings. The Kier molecular flexibility index (Phi) is 3.11. The molecular weight excluding hydrogens is 236 g/mol. The quantitative estimate of drug-likeness (QED) is 0.849. The van der Waals surface area contributed by atoms with Gasteiger partial charge in [-0.3, -0.25) is 0 Å². The maximum Gasteiger partial charge on any atom is 0.159 e. The molecule has 0 spiro atoms. The number of benzene rings is 1. The summed E-state index contributed by atoms with van der Waals surface area (Å²) >= 11 is 0. The number of hydrogen-bond donors (Lipinski definition) is 1. The molecule has 1 fully saturated rings. The summed E-state index contributed by atoms with van der Waals surface area (Å²) in [6.07, 6.45) is 1.09. The minimum absolute atomic E-state index is 0.227. The third kappa shape index (κ3) is 2.28. The van der Waals surface area contributed by atoms with Crippen molar-refractivity contribution < 1.29 is 0 Å². The summed E-state index contributed by atoms with van der Waals surface area (Å²) in [5.74, 6) is 1.58. The van der Waals surface area contributed by atoms with Crippen LogP contribution in [0.25, 0.3) is 10.8 Å². The van der Waals surface area contributed by atoms with Gasteiger partial charge in [0, 0.05) is 29.9 Å². The van der Waals surface area contributed by atoms with Gasteiger partial charge in [-0.2, -0.15) is 5.10 Å². The predicted octanol–water partition coefficient (Wildman–Crippen LogP) is 2.11. The third-order valence-corrected chi connectivity index (χ3v) is 3.84. The molecule has 1 aliphatic heterocycles.